The van der Waals surface area contributed by atoms with Gasteiger partial charge in [0.15, 0.2) is 0 Å². The van der Waals surface area contributed by atoms with Crippen molar-refractivity contribution in [3.63, 3.8) is 0 Å². The highest BCUT2D eigenvalue weighted by Crippen LogP contribution is 2.42. The first-order valence-corrected chi connectivity index (χ1v) is 8.32. The van der Waals surface area contributed by atoms with E-state index in [4.69, 9.17) is 0 Å². The molecule has 22 heavy (non-hydrogen) atoms. The third-order valence-electron chi connectivity index (χ3n) is 4.89. The second kappa shape index (κ2) is 5.75. The number of hydrogen-bond acceptors (Lipinski definition) is 2. The van der Waals surface area contributed by atoms with E-state index in [2.05, 4.69) is 12.2 Å². The summed E-state index contributed by atoms with van der Waals surface area (Å²) >= 11 is 0. The topological polar surface area (TPSA) is 49.4 Å². The Morgan fingerprint density at radius 2 is 2.00 bits per heavy atom. The standard InChI is InChI=1S/C18H24N2O2/c1-3-4-5-6-9-13-12-18(2)19-16(21)14-10-7-8-11-15(14)20(18)17(13)22/h7-8,10-11,13H,3-6,9,12H2,1-2H3,(H,19,21). The predicted octanol–water partition coefficient (Wildman–Crippen LogP) is 3.47. The minimum atomic E-state index is -0.571. The van der Waals surface area contributed by atoms with Crippen LogP contribution in [0.25, 0.3) is 0 Å². The van der Waals surface area contributed by atoms with Gasteiger partial charge in [-0.25, -0.2) is 0 Å². The van der Waals surface area contributed by atoms with Crippen LogP contribution in [0.1, 0.15) is 62.7 Å². The van der Waals surface area contributed by atoms with Crippen LogP contribution in [0, 0.1) is 5.92 Å². The van der Waals surface area contributed by atoms with Gasteiger partial charge in [0.05, 0.1) is 11.3 Å². The maximum Gasteiger partial charge on any atom is 0.255 e. The maximum absolute atomic E-state index is 12.9. The van der Waals surface area contributed by atoms with Crippen LogP contribution >= 0.6 is 0 Å². The summed E-state index contributed by atoms with van der Waals surface area (Å²) in [5.41, 5.74) is 0.785. The molecule has 0 saturated carbocycles. The number of benzene rings is 1. The lowest BCUT2D eigenvalue weighted by molar-refractivity contribution is -0.120. The molecule has 2 heterocycles. The van der Waals surface area contributed by atoms with Gasteiger partial charge >= 0.3 is 0 Å². The first-order chi connectivity index (χ1) is 10.6. The first kappa shape index (κ1) is 15.1. The average Bonchev–Trinajstić information content (AvgIpc) is 2.75. The second-order valence-corrected chi connectivity index (χ2v) is 6.67. The number of nitrogens with zero attached hydrogens (tertiary/aromatic N) is 1. The number of unbranched alkanes of at least 4 members (excludes halogenated alkanes) is 3. The number of anilines is 1. The van der Waals surface area contributed by atoms with Gasteiger partial charge in [-0.2, -0.15) is 0 Å². The van der Waals surface area contributed by atoms with E-state index >= 15 is 0 Å². The molecule has 2 aliphatic rings. The van der Waals surface area contributed by atoms with Crippen molar-refractivity contribution in [1.82, 2.24) is 5.32 Å². The third-order valence-corrected chi connectivity index (χ3v) is 4.89. The zero-order valence-corrected chi connectivity index (χ0v) is 13.4. The summed E-state index contributed by atoms with van der Waals surface area (Å²) in [5, 5.41) is 3.04. The highest BCUT2D eigenvalue weighted by Gasteiger charge is 2.52. The van der Waals surface area contributed by atoms with Crippen molar-refractivity contribution in [2.24, 2.45) is 5.92 Å². The normalized spacial score (nSPS) is 26.6. The Balaban J connectivity index is 1.82. The van der Waals surface area contributed by atoms with Gasteiger partial charge in [-0.15, -0.1) is 0 Å². The molecular formula is C18H24N2O2. The van der Waals surface area contributed by atoms with Crippen molar-refractivity contribution in [1.29, 1.82) is 0 Å². The predicted molar refractivity (Wildman–Crippen MR) is 86.7 cm³/mol. The molecule has 2 atom stereocenters. The summed E-state index contributed by atoms with van der Waals surface area (Å²) in [6, 6.07) is 7.39. The Morgan fingerprint density at radius 3 is 2.77 bits per heavy atom. The second-order valence-electron chi connectivity index (χ2n) is 6.67. The van der Waals surface area contributed by atoms with Gasteiger partial charge in [0.25, 0.3) is 5.91 Å². The minimum Gasteiger partial charge on any atom is -0.329 e. The summed E-state index contributed by atoms with van der Waals surface area (Å²) in [6.45, 7) is 4.15. The van der Waals surface area contributed by atoms with Gasteiger partial charge in [-0.3, -0.25) is 14.5 Å². The number of fused-ring (bicyclic) bond motifs is 3. The zero-order valence-electron chi connectivity index (χ0n) is 13.4. The number of para-hydroxylation sites is 1. The molecule has 1 aromatic rings. The molecule has 4 heteroatoms. The summed E-state index contributed by atoms with van der Waals surface area (Å²) in [7, 11) is 0. The summed E-state index contributed by atoms with van der Waals surface area (Å²) in [6.07, 6.45) is 6.32. The van der Waals surface area contributed by atoms with Gasteiger partial charge in [0.1, 0.15) is 5.66 Å². The molecular weight excluding hydrogens is 276 g/mol. The van der Waals surface area contributed by atoms with Crippen LogP contribution in [-0.4, -0.2) is 17.5 Å². The molecule has 1 saturated heterocycles. The van der Waals surface area contributed by atoms with Crippen LogP contribution in [0.15, 0.2) is 24.3 Å². The Hall–Kier alpha value is -1.84. The molecule has 0 aromatic heterocycles. The van der Waals surface area contributed by atoms with Gasteiger partial charge in [0, 0.05) is 12.3 Å². The number of rotatable bonds is 5. The van der Waals surface area contributed by atoms with E-state index in [1.165, 1.54) is 19.3 Å². The lowest BCUT2D eigenvalue weighted by Gasteiger charge is -2.40. The van der Waals surface area contributed by atoms with Gasteiger partial charge < -0.3 is 5.32 Å². The molecule has 0 spiro atoms. The van der Waals surface area contributed by atoms with E-state index < -0.39 is 5.66 Å². The first-order valence-electron chi connectivity index (χ1n) is 8.32. The van der Waals surface area contributed by atoms with Gasteiger partial charge in [-0.1, -0.05) is 44.7 Å². The van der Waals surface area contributed by atoms with Gasteiger partial charge in [-0.05, 0) is 25.5 Å². The number of amides is 2. The van der Waals surface area contributed by atoms with E-state index in [1.807, 2.05) is 30.0 Å². The maximum atomic E-state index is 12.9. The fourth-order valence-electron chi connectivity index (χ4n) is 3.79. The van der Waals surface area contributed by atoms with E-state index in [9.17, 15) is 9.59 Å². The number of carbonyl (C=O) groups excluding carboxylic acids is 2. The van der Waals surface area contributed by atoms with Crippen molar-refractivity contribution in [2.45, 2.75) is 58.0 Å². The van der Waals surface area contributed by atoms with Gasteiger partial charge in [0.2, 0.25) is 5.91 Å². The molecule has 118 valence electrons. The zero-order chi connectivity index (χ0) is 15.7. The number of nitrogens with one attached hydrogen (secondary N) is 1. The van der Waals surface area contributed by atoms with E-state index in [0.29, 0.717) is 12.0 Å². The molecule has 1 aromatic carbocycles. The largest absolute Gasteiger partial charge is 0.329 e. The fraction of sp³-hybridized carbons (Fsp3) is 0.556. The van der Waals surface area contributed by atoms with E-state index in [1.54, 1.807) is 6.07 Å². The SMILES string of the molecule is CCCCCCC1CC2(C)NC(=O)c3ccccc3N2C1=O. The van der Waals surface area contributed by atoms with Crippen LogP contribution in [0.5, 0.6) is 0 Å². The Morgan fingerprint density at radius 1 is 1.23 bits per heavy atom. The quantitative estimate of drug-likeness (QED) is 0.846. The Bertz CT molecular complexity index is 599. The molecule has 2 unspecified atom stereocenters. The van der Waals surface area contributed by atoms with Crippen molar-refractivity contribution in [3.05, 3.63) is 29.8 Å². The van der Waals surface area contributed by atoms with Crippen molar-refractivity contribution < 1.29 is 9.59 Å². The molecule has 0 radical (unpaired) electrons. The minimum absolute atomic E-state index is 0.0216. The van der Waals surface area contributed by atoms with E-state index in [0.717, 1.165) is 18.5 Å². The van der Waals surface area contributed by atoms with Crippen molar-refractivity contribution >= 4 is 17.5 Å². The van der Waals surface area contributed by atoms with E-state index in [-0.39, 0.29) is 17.7 Å². The van der Waals surface area contributed by atoms with Crippen LogP contribution in [-0.2, 0) is 4.79 Å². The lowest BCUT2D eigenvalue weighted by atomic mass is 9.94. The number of hydrogen-bond donors (Lipinski definition) is 1. The molecule has 0 bridgehead atoms. The van der Waals surface area contributed by atoms with Crippen LogP contribution < -0.4 is 10.2 Å². The van der Waals surface area contributed by atoms with Crippen LogP contribution in [0.2, 0.25) is 0 Å². The lowest BCUT2D eigenvalue weighted by Crippen LogP contribution is -2.60. The Labute approximate surface area is 131 Å². The summed E-state index contributed by atoms with van der Waals surface area (Å²) in [5.74, 6) is 0.105. The highest BCUT2D eigenvalue weighted by atomic mass is 16.2. The molecule has 0 aliphatic carbocycles. The molecule has 1 fully saturated rings. The Kier molecular flexibility index (Phi) is 3.94. The smallest absolute Gasteiger partial charge is 0.255 e. The summed E-state index contributed by atoms with van der Waals surface area (Å²) < 4.78 is 0. The molecule has 1 N–H and O–H groups in total. The fourth-order valence-corrected chi connectivity index (χ4v) is 3.79. The van der Waals surface area contributed by atoms with Crippen molar-refractivity contribution in [2.75, 3.05) is 4.90 Å². The molecule has 4 nitrogen and oxygen atoms in total. The molecule has 3 rings (SSSR count). The molecule has 2 amide bonds. The average molecular weight is 300 g/mol. The summed E-state index contributed by atoms with van der Waals surface area (Å²) in [4.78, 5) is 27.0. The number of carbonyl (C=O) groups is 2. The highest BCUT2D eigenvalue weighted by molar-refractivity contribution is 6.10. The third kappa shape index (κ3) is 2.40. The monoisotopic (exact) mass is 300 g/mol. The van der Waals surface area contributed by atoms with Crippen LogP contribution in [0.4, 0.5) is 5.69 Å². The van der Waals surface area contributed by atoms with Crippen LogP contribution in [0.3, 0.4) is 0 Å². The molecule has 2 aliphatic heterocycles. The van der Waals surface area contributed by atoms with Crippen molar-refractivity contribution in [3.8, 4) is 0 Å².